The fourth-order valence-corrected chi connectivity index (χ4v) is 2.67. The number of carbonyl (C=O) groups excluding carboxylic acids is 2. The van der Waals surface area contributed by atoms with E-state index in [1.165, 1.54) is 12.1 Å². The van der Waals surface area contributed by atoms with Crippen LogP contribution in [0.4, 0.5) is 0 Å². The summed E-state index contributed by atoms with van der Waals surface area (Å²) in [7, 11) is -4.05. The zero-order chi connectivity index (χ0) is 13.3. The maximum absolute atomic E-state index is 11.8. The zero-order valence-electron chi connectivity index (χ0n) is 9.00. The SMILES string of the molecule is O=C1c2ccccc2C(=O)N1OS(=O)(=O)CCCl. The van der Waals surface area contributed by atoms with Crippen molar-refractivity contribution < 1.29 is 22.3 Å². The summed E-state index contributed by atoms with van der Waals surface area (Å²) in [6.45, 7) is 0. The average Bonchev–Trinajstić information content (AvgIpc) is 2.55. The third-order valence-corrected chi connectivity index (χ3v) is 3.77. The molecule has 0 N–H and O–H groups in total. The first-order valence-corrected chi connectivity index (χ1v) is 7.03. The van der Waals surface area contributed by atoms with Crippen LogP contribution in [0.15, 0.2) is 24.3 Å². The third-order valence-electron chi connectivity index (χ3n) is 2.27. The lowest BCUT2D eigenvalue weighted by molar-refractivity contribution is -0.0102. The van der Waals surface area contributed by atoms with Gasteiger partial charge in [-0.3, -0.25) is 9.59 Å². The van der Waals surface area contributed by atoms with Crippen LogP contribution in [0.1, 0.15) is 20.7 Å². The molecule has 0 fully saturated rings. The Morgan fingerprint density at radius 2 is 1.61 bits per heavy atom. The Hall–Kier alpha value is -1.44. The lowest BCUT2D eigenvalue weighted by Gasteiger charge is -2.11. The molecule has 0 aromatic heterocycles. The Labute approximate surface area is 108 Å². The van der Waals surface area contributed by atoms with Gasteiger partial charge < -0.3 is 0 Å². The molecule has 1 aliphatic heterocycles. The van der Waals surface area contributed by atoms with Crippen LogP contribution < -0.4 is 0 Å². The van der Waals surface area contributed by atoms with Gasteiger partial charge in [0.1, 0.15) is 0 Å². The molecule has 1 heterocycles. The largest absolute Gasteiger partial charge is 0.289 e. The van der Waals surface area contributed by atoms with E-state index in [2.05, 4.69) is 4.28 Å². The van der Waals surface area contributed by atoms with Gasteiger partial charge in [0.2, 0.25) is 0 Å². The number of nitrogens with zero attached hydrogens (tertiary/aromatic N) is 1. The third kappa shape index (κ3) is 2.24. The summed E-state index contributed by atoms with van der Waals surface area (Å²) in [6, 6.07) is 5.99. The highest BCUT2D eigenvalue weighted by molar-refractivity contribution is 7.86. The smallest absolute Gasteiger partial charge is 0.266 e. The lowest BCUT2D eigenvalue weighted by Crippen LogP contribution is -2.33. The van der Waals surface area contributed by atoms with E-state index < -0.39 is 27.7 Å². The van der Waals surface area contributed by atoms with Crippen LogP contribution >= 0.6 is 11.6 Å². The second-order valence-electron chi connectivity index (χ2n) is 3.48. The normalized spacial score (nSPS) is 15.1. The minimum Gasteiger partial charge on any atom is -0.266 e. The summed E-state index contributed by atoms with van der Waals surface area (Å²) in [5, 5.41) is 0.243. The van der Waals surface area contributed by atoms with Crippen LogP contribution in [-0.2, 0) is 14.4 Å². The van der Waals surface area contributed by atoms with Crippen molar-refractivity contribution in [3.63, 3.8) is 0 Å². The number of halogens is 1. The molecule has 2 rings (SSSR count). The van der Waals surface area contributed by atoms with Gasteiger partial charge in [-0.1, -0.05) is 12.1 Å². The Morgan fingerprint density at radius 3 is 2.06 bits per heavy atom. The van der Waals surface area contributed by atoms with Gasteiger partial charge in [0.25, 0.3) is 21.9 Å². The highest BCUT2D eigenvalue weighted by atomic mass is 35.5. The first-order chi connectivity index (χ1) is 8.46. The van der Waals surface area contributed by atoms with E-state index in [1.54, 1.807) is 12.1 Å². The number of fused-ring (bicyclic) bond motifs is 1. The molecule has 0 aliphatic carbocycles. The van der Waals surface area contributed by atoms with Crippen molar-refractivity contribution in [2.75, 3.05) is 11.6 Å². The number of benzene rings is 1. The Kier molecular flexibility index (Phi) is 3.38. The van der Waals surface area contributed by atoms with Crippen LogP contribution in [-0.4, -0.2) is 36.9 Å². The molecule has 2 amide bonds. The monoisotopic (exact) mass is 289 g/mol. The molecular formula is C10H8ClNO5S. The number of alkyl halides is 1. The quantitative estimate of drug-likeness (QED) is 0.604. The minimum atomic E-state index is -4.05. The van der Waals surface area contributed by atoms with Gasteiger partial charge in [0, 0.05) is 5.88 Å². The first kappa shape index (κ1) is 13.0. The molecule has 18 heavy (non-hydrogen) atoms. The van der Waals surface area contributed by atoms with Crippen molar-refractivity contribution in [3.05, 3.63) is 35.4 Å². The average molecular weight is 290 g/mol. The molecule has 96 valence electrons. The minimum absolute atomic E-state index is 0.114. The predicted octanol–water partition coefficient (Wildman–Crippen LogP) is 0.783. The van der Waals surface area contributed by atoms with E-state index >= 15 is 0 Å². The molecule has 0 bridgehead atoms. The highest BCUT2D eigenvalue weighted by Crippen LogP contribution is 2.23. The summed E-state index contributed by atoms with van der Waals surface area (Å²) in [4.78, 5) is 23.5. The molecule has 0 unspecified atom stereocenters. The zero-order valence-corrected chi connectivity index (χ0v) is 10.6. The van der Waals surface area contributed by atoms with Crippen molar-refractivity contribution in [2.45, 2.75) is 0 Å². The Balaban J connectivity index is 2.30. The van der Waals surface area contributed by atoms with Gasteiger partial charge in [-0.25, -0.2) is 0 Å². The van der Waals surface area contributed by atoms with Crippen molar-refractivity contribution >= 4 is 33.5 Å². The molecule has 0 saturated heterocycles. The van der Waals surface area contributed by atoms with E-state index in [-0.39, 0.29) is 22.1 Å². The maximum atomic E-state index is 11.8. The Morgan fingerprint density at radius 1 is 1.11 bits per heavy atom. The van der Waals surface area contributed by atoms with Crippen LogP contribution in [0.3, 0.4) is 0 Å². The standard InChI is InChI=1S/C10H8ClNO5S/c11-5-6-18(15,16)17-12-9(13)7-3-1-2-4-8(7)10(12)14/h1-4H,5-6H2. The van der Waals surface area contributed by atoms with Gasteiger partial charge in [-0.15, -0.1) is 20.9 Å². The number of hydroxylamine groups is 2. The summed E-state index contributed by atoms with van der Waals surface area (Å²) >= 11 is 5.29. The second kappa shape index (κ2) is 4.68. The number of hydrogen-bond acceptors (Lipinski definition) is 5. The maximum Gasteiger partial charge on any atom is 0.289 e. The van der Waals surface area contributed by atoms with E-state index in [0.29, 0.717) is 0 Å². The first-order valence-electron chi connectivity index (χ1n) is 4.92. The van der Waals surface area contributed by atoms with E-state index in [0.717, 1.165) is 0 Å². The topological polar surface area (TPSA) is 80.8 Å². The van der Waals surface area contributed by atoms with Crippen molar-refractivity contribution in [1.29, 1.82) is 0 Å². The summed E-state index contributed by atoms with van der Waals surface area (Å²) in [6.07, 6.45) is 0. The van der Waals surface area contributed by atoms with Crippen molar-refractivity contribution in [1.82, 2.24) is 5.06 Å². The number of rotatable bonds is 4. The lowest BCUT2D eigenvalue weighted by atomic mass is 10.1. The highest BCUT2D eigenvalue weighted by Gasteiger charge is 2.39. The fourth-order valence-electron chi connectivity index (χ4n) is 1.48. The molecule has 8 heteroatoms. The molecule has 0 spiro atoms. The van der Waals surface area contributed by atoms with Gasteiger partial charge >= 0.3 is 0 Å². The molecule has 0 atom stereocenters. The molecule has 6 nitrogen and oxygen atoms in total. The van der Waals surface area contributed by atoms with E-state index in [1.807, 2.05) is 0 Å². The van der Waals surface area contributed by atoms with Crippen LogP contribution in [0.5, 0.6) is 0 Å². The summed E-state index contributed by atoms with van der Waals surface area (Å²) in [5.74, 6) is -2.27. The molecule has 0 radical (unpaired) electrons. The van der Waals surface area contributed by atoms with Crippen molar-refractivity contribution in [2.24, 2.45) is 0 Å². The van der Waals surface area contributed by atoms with Crippen LogP contribution in [0.2, 0.25) is 0 Å². The summed E-state index contributed by atoms with van der Waals surface area (Å²) in [5.41, 5.74) is 0.229. The van der Waals surface area contributed by atoms with Gasteiger partial charge in [0.15, 0.2) is 0 Å². The number of amides is 2. The molecule has 1 aliphatic rings. The Bertz CT molecular complexity index is 577. The number of hydrogen-bond donors (Lipinski definition) is 0. The van der Waals surface area contributed by atoms with Crippen LogP contribution in [0.25, 0.3) is 0 Å². The van der Waals surface area contributed by atoms with Gasteiger partial charge in [-0.05, 0) is 12.1 Å². The molecular weight excluding hydrogens is 282 g/mol. The number of imide groups is 1. The summed E-state index contributed by atoms with van der Waals surface area (Å²) < 4.78 is 27.2. The second-order valence-corrected chi connectivity index (χ2v) is 5.53. The van der Waals surface area contributed by atoms with Gasteiger partial charge in [-0.2, -0.15) is 8.42 Å². The number of carbonyl (C=O) groups is 2. The van der Waals surface area contributed by atoms with Crippen molar-refractivity contribution in [3.8, 4) is 0 Å². The fraction of sp³-hybridized carbons (Fsp3) is 0.200. The van der Waals surface area contributed by atoms with Gasteiger partial charge in [0.05, 0.1) is 16.9 Å². The van der Waals surface area contributed by atoms with Crippen LogP contribution in [0, 0.1) is 0 Å². The molecule has 1 aromatic carbocycles. The van der Waals surface area contributed by atoms with E-state index in [4.69, 9.17) is 11.6 Å². The molecule has 0 saturated carbocycles. The predicted molar refractivity (Wildman–Crippen MR) is 62.5 cm³/mol. The molecule has 1 aromatic rings. The van der Waals surface area contributed by atoms with E-state index in [9.17, 15) is 18.0 Å².